The molecule has 0 aromatic heterocycles. The number of rotatable bonds is 3. The number of benzene rings is 1. The van der Waals surface area contributed by atoms with Crippen molar-refractivity contribution in [1.82, 2.24) is 4.90 Å². The highest BCUT2D eigenvalue weighted by Crippen LogP contribution is 2.35. The third-order valence-corrected chi connectivity index (χ3v) is 4.91. The van der Waals surface area contributed by atoms with E-state index in [-0.39, 0.29) is 0 Å². The highest BCUT2D eigenvalue weighted by molar-refractivity contribution is 5.79. The highest BCUT2D eigenvalue weighted by atomic mass is 16.2. The van der Waals surface area contributed by atoms with Crippen molar-refractivity contribution in [1.29, 1.82) is 0 Å². The molecular weight excluding hydrogens is 248 g/mol. The maximum absolute atomic E-state index is 12.7. The second-order valence-corrected chi connectivity index (χ2v) is 6.16. The van der Waals surface area contributed by atoms with Gasteiger partial charge in [0.05, 0.1) is 0 Å². The Bertz CT molecular complexity index is 500. The van der Waals surface area contributed by atoms with E-state index in [1.54, 1.807) is 0 Å². The number of amides is 1. The van der Waals surface area contributed by atoms with E-state index in [0.29, 0.717) is 30.3 Å². The molecule has 2 aliphatic heterocycles. The first kappa shape index (κ1) is 13.5. The zero-order valence-electron chi connectivity index (χ0n) is 12.4. The van der Waals surface area contributed by atoms with Crippen LogP contribution in [0.25, 0.3) is 0 Å². The molecule has 0 bridgehead atoms. The summed E-state index contributed by atoms with van der Waals surface area (Å²) in [6, 6.07) is 9.24. The van der Waals surface area contributed by atoms with Crippen molar-refractivity contribution >= 4 is 11.6 Å². The van der Waals surface area contributed by atoms with Crippen LogP contribution in [0.1, 0.15) is 51.0 Å². The number of hydrogen-bond donors (Lipinski definition) is 1. The molecule has 3 rings (SSSR count). The Labute approximate surface area is 121 Å². The van der Waals surface area contributed by atoms with Crippen LogP contribution < -0.4 is 5.32 Å². The second-order valence-electron chi connectivity index (χ2n) is 6.16. The lowest BCUT2D eigenvalue weighted by Gasteiger charge is -2.29. The SMILES string of the molecule is CCC1CCC(C)N1C(=O)CC1CNc2ccccc21. The van der Waals surface area contributed by atoms with E-state index in [2.05, 4.69) is 42.3 Å². The van der Waals surface area contributed by atoms with Gasteiger partial charge in [-0.3, -0.25) is 4.79 Å². The van der Waals surface area contributed by atoms with Crippen molar-refractivity contribution in [2.75, 3.05) is 11.9 Å². The van der Waals surface area contributed by atoms with Gasteiger partial charge in [-0.25, -0.2) is 0 Å². The molecule has 0 saturated carbocycles. The van der Waals surface area contributed by atoms with Crippen molar-refractivity contribution in [3.05, 3.63) is 29.8 Å². The Hall–Kier alpha value is -1.51. The standard InChI is InChI=1S/C17H24N2O/c1-3-14-9-8-12(2)19(14)17(20)10-13-11-18-16-7-5-4-6-15(13)16/h4-7,12-14,18H,3,8-11H2,1-2H3. The molecule has 1 amide bonds. The van der Waals surface area contributed by atoms with Crippen molar-refractivity contribution < 1.29 is 4.79 Å². The Balaban J connectivity index is 1.71. The van der Waals surface area contributed by atoms with Crippen LogP contribution in [0.15, 0.2) is 24.3 Å². The molecule has 3 atom stereocenters. The number of hydrogen-bond acceptors (Lipinski definition) is 2. The first-order valence-electron chi connectivity index (χ1n) is 7.84. The van der Waals surface area contributed by atoms with Gasteiger partial charge in [-0.15, -0.1) is 0 Å². The van der Waals surface area contributed by atoms with Gasteiger partial charge in [-0.1, -0.05) is 25.1 Å². The van der Waals surface area contributed by atoms with Gasteiger partial charge in [0.25, 0.3) is 0 Å². The van der Waals surface area contributed by atoms with E-state index in [0.717, 1.165) is 19.4 Å². The molecule has 1 N–H and O–H groups in total. The molecule has 1 saturated heterocycles. The molecule has 2 heterocycles. The molecule has 1 aromatic carbocycles. The van der Waals surface area contributed by atoms with Gasteiger partial charge in [-0.2, -0.15) is 0 Å². The molecule has 3 heteroatoms. The van der Waals surface area contributed by atoms with E-state index >= 15 is 0 Å². The topological polar surface area (TPSA) is 32.3 Å². The summed E-state index contributed by atoms with van der Waals surface area (Å²) in [4.78, 5) is 14.8. The van der Waals surface area contributed by atoms with Gasteiger partial charge < -0.3 is 10.2 Å². The van der Waals surface area contributed by atoms with Gasteiger partial charge in [-0.05, 0) is 37.8 Å². The normalized spacial score (nSPS) is 28.3. The molecule has 0 radical (unpaired) electrons. The van der Waals surface area contributed by atoms with E-state index in [9.17, 15) is 4.79 Å². The number of carbonyl (C=O) groups excluding carboxylic acids is 1. The molecule has 1 aromatic rings. The number of carbonyl (C=O) groups is 1. The molecule has 20 heavy (non-hydrogen) atoms. The summed E-state index contributed by atoms with van der Waals surface area (Å²) in [5.74, 6) is 0.675. The van der Waals surface area contributed by atoms with E-state index in [4.69, 9.17) is 0 Å². The number of nitrogens with zero attached hydrogens (tertiary/aromatic N) is 1. The minimum atomic E-state index is 0.337. The van der Waals surface area contributed by atoms with Crippen LogP contribution in [0.2, 0.25) is 0 Å². The Kier molecular flexibility index (Phi) is 3.68. The number of anilines is 1. The van der Waals surface area contributed by atoms with Crippen LogP contribution in [0.3, 0.4) is 0 Å². The van der Waals surface area contributed by atoms with Gasteiger partial charge in [0.1, 0.15) is 0 Å². The summed E-state index contributed by atoms with van der Waals surface area (Å²) < 4.78 is 0. The summed E-state index contributed by atoms with van der Waals surface area (Å²) in [5.41, 5.74) is 2.51. The molecule has 1 fully saturated rings. The number of nitrogens with one attached hydrogen (secondary N) is 1. The van der Waals surface area contributed by atoms with E-state index in [1.807, 2.05) is 6.07 Å². The van der Waals surface area contributed by atoms with E-state index in [1.165, 1.54) is 17.7 Å². The Morgan fingerprint density at radius 3 is 2.95 bits per heavy atom. The third-order valence-electron chi connectivity index (χ3n) is 4.91. The molecule has 3 unspecified atom stereocenters. The molecular formula is C17H24N2O. The number of likely N-dealkylation sites (tertiary alicyclic amines) is 1. The molecule has 0 aliphatic carbocycles. The monoisotopic (exact) mass is 272 g/mol. The minimum Gasteiger partial charge on any atom is -0.384 e. The Morgan fingerprint density at radius 1 is 1.35 bits per heavy atom. The zero-order chi connectivity index (χ0) is 14.1. The van der Waals surface area contributed by atoms with Gasteiger partial charge in [0, 0.05) is 36.7 Å². The van der Waals surface area contributed by atoms with Gasteiger partial charge >= 0.3 is 0 Å². The molecule has 0 spiro atoms. The summed E-state index contributed by atoms with van der Waals surface area (Å²) in [6.45, 7) is 5.27. The van der Waals surface area contributed by atoms with Crippen molar-refractivity contribution in [3.8, 4) is 0 Å². The predicted molar refractivity (Wildman–Crippen MR) is 81.9 cm³/mol. The summed E-state index contributed by atoms with van der Waals surface area (Å²) >= 11 is 0. The number of para-hydroxylation sites is 1. The molecule has 3 nitrogen and oxygen atoms in total. The smallest absolute Gasteiger partial charge is 0.223 e. The average Bonchev–Trinajstić information content (AvgIpc) is 3.03. The quantitative estimate of drug-likeness (QED) is 0.915. The minimum absolute atomic E-state index is 0.337. The van der Waals surface area contributed by atoms with Crippen LogP contribution >= 0.6 is 0 Å². The van der Waals surface area contributed by atoms with Gasteiger partial charge in [0.2, 0.25) is 5.91 Å². The third kappa shape index (κ3) is 2.30. The fourth-order valence-corrected chi connectivity index (χ4v) is 3.78. The van der Waals surface area contributed by atoms with Crippen LogP contribution in [0.4, 0.5) is 5.69 Å². The largest absolute Gasteiger partial charge is 0.384 e. The van der Waals surface area contributed by atoms with Crippen LogP contribution in [0, 0.1) is 0 Å². The fraction of sp³-hybridized carbons (Fsp3) is 0.588. The predicted octanol–water partition coefficient (Wildman–Crippen LogP) is 3.38. The molecule has 2 aliphatic rings. The first-order valence-corrected chi connectivity index (χ1v) is 7.84. The van der Waals surface area contributed by atoms with Crippen molar-refractivity contribution in [2.24, 2.45) is 0 Å². The summed E-state index contributed by atoms with van der Waals surface area (Å²) in [7, 11) is 0. The maximum Gasteiger partial charge on any atom is 0.223 e. The van der Waals surface area contributed by atoms with E-state index < -0.39 is 0 Å². The lowest BCUT2D eigenvalue weighted by Crippen LogP contribution is -2.40. The summed E-state index contributed by atoms with van der Waals surface area (Å²) in [6.07, 6.45) is 4.05. The number of fused-ring (bicyclic) bond motifs is 1. The van der Waals surface area contributed by atoms with Gasteiger partial charge in [0.15, 0.2) is 0 Å². The fourth-order valence-electron chi connectivity index (χ4n) is 3.78. The zero-order valence-corrected chi connectivity index (χ0v) is 12.4. The Morgan fingerprint density at radius 2 is 2.15 bits per heavy atom. The maximum atomic E-state index is 12.7. The second kappa shape index (κ2) is 5.47. The van der Waals surface area contributed by atoms with Crippen LogP contribution in [-0.4, -0.2) is 29.4 Å². The lowest BCUT2D eigenvalue weighted by molar-refractivity contribution is -0.134. The van der Waals surface area contributed by atoms with Crippen molar-refractivity contribution in [2.45, 2.75) is 57.5 Å². The first-order chi connectivity index (χ1) is 9.70. The van der Waals surface area contributed by atoms with Crippen molar-refractivity contribution in [3.63, 3.8) is 0 Å². The van der Waals surface area contributed by atoms with Crippen LogP contribution in [-0.2, 0) is 4.79 Å². The lowest BCUT2D eigenvalue weighted by atomic mass is 9.97. The molecule has 108 valence electrons. The highest BCUT2D eigenvalue weighted by Gasteiger charge is 2.35. The summed E-state index contributed by atoms with van der Waals surface area (Å²) in [5, 5.41) is 3.41. The van der Waals surface area contributed by atoms with Crippen LogP contribution in [0.5, 0.6) is 0 Å². The average molecular weight is 272 g/mol.